The summed E-state index contributed by atoms with van der Waals surface area (Å²) >= 11 is 1.33. The molecule has 1 atom stereocenters. The van der Waals surface area contributed by atoms with Crippen LogP contribution in [0.25, 0.3) is 0 Å². The van der Waals surface area contributed by atoms with Gasteiger partial charge in [-0.25, -0.2) is 4.99 Å². The Kier molecular flexibility index (Phi) is 6.54. The second-order valence-electron chi connectivity index (χ2n) is 7.14. The summed E-state index contributed by atoms with van der Waals surface area (Å²) in [6, 6.07) is 13.7. The number of amides is 2. The average Bonchev–Trinajstić information content (AvgIpc) is 2.95. The summed E-state index contributed by atoms with van der Waals surface area (Å²) in [5.74, 6) is -0.295. The minimum Gasteiger partial charge on any atom is -0.326 e. The molecule has 1 N–H and O–H groups in total. The summed E-state index contributed by atoms with van der Waals surface area (Å²) in [6.07, 6.45) is 1.76. The van der Waals surface area contributed by atoms with Crippen LogP contribution >= 0.6 is 11.8 Å². The van der Waals surface area contributed by atoms with Crippen LogP contribution in [-0.4, -0.2) is 33.7 Å². The molecule has 1 fully saturated rings. The minimum absolute atomic E-state index is 0.0947. The molecule has 150 valence electrons. The second kappa shape index (κ2) is 9.09. The van der Waals surface area contributed by atoms with Crippen molar-refractivity contribution in [3.8, 4) is 0 Å². The first-order valence-electron chi connectivity index (χ1n) is 9.49. The maximum Gasteiger partial charge on any atom is 0.242 e. The molecule has 6 heteroatoms. The van der Waals surface area contributed by atoms with Crippen molar-refractivity contribution in [2.45, 2.75) is 32.4 Å². The number of rotatable bonds is 6. The van der Waals surface area contributed by atoms with Gasteiger partial charge in [0, 0.05) is 18.7 Å². The molecule has 0 saturated carbocycles. The van der Waals surface area contributed by atoms with E-state index in [0.717, 1.165) is 28.1 Å². The summed E-state index contributed by atoms with van der Waals surface area (Å²) in [6.45, 7) is 10.0. The molecule has 0 aliphatic carbocycles. The zero-order valence-corrected chi connectivity index (χ0v) is 17.8. The van der Waals surface area contributed by atoms with Crippen LogP contribution in [0.2, 0.25) is 0 Å². The van der Waals surface area contributed by atoms with E-state index in [1.807, 2.05) is 63.2 Å². The Balaban J connectivity index is 1.75. The number of nitrogens with one attached hydrogen (secondary N) is 1. The Bertz CT molecular complexity index is 967. The smallest absolute Gasteiger partial charge is 0.242 e. The van der Waals surface area contributed by atoms with Crippen LogP contribution in [-0.2, 0) is 9.59 Å². The van der Waals surface area contributed by atoms with Gasteiger partial charge in [0.25, 0.3) is 0 Å². The Morgan fingerprint density at radius 2 is 1.86 bits per heavy atom. The van der Waals surface area contributed by atoms with Crippen LogP contribution in [0.4, 0.5) is 11.4 Å². The van der Waals surface area contributed by atoms with Gasteiger partial charge in [-0.05, 0) is 50.1 Å². The first kappa shape index (κ1) is 20.9. The van der Waals surface area contributed by atoms with E-state index in [1.165, 1.54) is 11.8 Å². The van der Waals surface area contributed by atoms with E-state index < -0.39 is 5.25 Å². The van der Waals surface area contributed by atoms with E-state index in [-0.39, 0.29) is 18.2 Å². The third-order valence-electron chi connectivity index (χ3n) is 4.63. The minimum atomic E-state index is -0.496. The molecular formula is C23H25N3O2S. The summed E-state index contributed by atoms with van der Waals surface area (Å²) in [5, 5.41) is 3.04. The van der Waals surface area contributed by atoms with Crippen molar-refractivity contribution in [1.29, 1.82) is 0 Å². The van der Waals surface area contributed by atoms with Crippen molar-refractivity contribution < 1.29 is 9.59 Å². The van der Waals surface area contributed by atoms with Gasteiger partial charge < -0.3 is 5.32 Å². The van der Waals surface area contributed by atoms with E-state index in [0.29, 0.717) is 11.7 Å². The van der Waals surface area contributed by atoms with Gasteiger partial charge in [0.15, 0.2) is 5.17 Å². The van der Waals surface area contributed by atoms with Crippen LogP contribution in [0.5, 0.6) is 0 Å². The number of carbonyl (C=O) groups excluding carboxylic acids is 2. The van der Waals surface area contributed by atoms with Gasteiger partial charge in [-0.2, -0.15) is 0 Å². The topological polar surface area (TPSA) is 61.8 Å². The molecule has 1 aliphatic heterocycles. The fourth-order valence-electron chi connectivity index (χ4n) is 2.99. The zero-order chi connectivity index (χ0) is 21.0. The Morgan fingerprint density at radius 1 is 1.17 bits per heavy atom. The van der Waals surface area contributed by atoms with Crippen molar-refractivity contribution in [3.63, 3.8) is 0 Å². The van der Waals surface area contributed by atoms with E-state index in [9.17, 15) is 9.59 Å². The monoisotopic (exact) mass is 407 g/mol. The summed E-state index contributed by atoms with van der Waals surface area (Å²) in [5.41, 5.74) is 4.77. The predicted molar refractivity (Wildman–Crippen MR) is 121 cm³/mol. The Hall–Kier alpha value is -2.86. The van der Waals surface area contributed by atoms with Gasteiger partial charge >= 0.3 is 0 Å². The standard InChI is InChI=1S/C23H25N3O2S/c1-5-12-26-22(28)20(29-23(26)24-18-10-7-15(2)8-11-18)14-21(27)25-19-13-16(3)6-9-17(19)4/h5-11,13,20H,1,12,14H2,2-4H3,(H,25,27). The number of nitrogens with zero attached hydrogens (tertiary/aromatic N) is 2. The van der Waals surface area contributed by atoms with Crippen molar-refractivity contribution in [1.82, 2.24) is 4.90 Å². The second-order valence-corrected chi connectivity index (χ2v) is 8.31. The fourth-order valence-corrected chi connectivity index (χ4v) is 4.16. The highest BCUT2D eigenvalue weighted by molar-refractivity contribution is 8.15. The lowest BCUT2D eigenvalue weighted by Gasteiger charge is -2.14. The molecule has 1 heterocycles. The summed E-state index contributed by atoms with van der Waals surface area (Å²) < 4.78 is 0. The largest absolute Gasteiger partial charge is 0.326 e. The Labute approximate surface area is 175 Å². The molecule has 0 bridgehead atoms. The summed E-state index contributed by atoms with van der Waals surface area (Å²) in [7, 11) is 0. The molecular weight excluding hydrogens is 382 g/mol. The van der Waals surface area contributed by atoms with E-state index in [4.69, 9.17) is 0 Å². The van der Waals surface area contributed by atoms with Crippen molar-refractivity contribution >= 4 is 40.1 Å². The van der Waals surface area contributed by atoms with Gasteiger partial charge in [-0.1, -0.05) is 47.7 Å². The van der Waals surface area contributed by atoms with Gasteiger partial charge in [0.1, 0.15) is 5.25 Å². The number of hydrogen-bond donors (Lipinski definition) is 1. The van der Waals surface area contributed by atoms with Crippen LogP contribution in [0, 0.1) is 20.8 Å². The first-order chi connectivity index (χ1) is 13.9. The van der Waals surface area contributed by atoms with Crippen LogP contribution in [0.15, 0.2) is 60.1 Å². The van der Waals surface area contributed by atoms with Crippen molar-refractivity contribution in [2.24, 2.45) is 4.99 Å². The average molecular weight is 408 g/mol. The van der Waals surface area contributed by atoms with Crippen LogP contribution in [0.1, 0.15) is 23.1 Å². The molecule has 3 rings (SSSR count). The predicted octanol–water partition coefficient (Wildman–Crippen LogP) is 4.76. The quantitative estimate of drug-likeness (QED) is 0.703. The number of aliphatic imine (C=N–C) groups is 1. The molecule has 2 aromatic rings. The summed E-state index contributed by atoms with van der Waals surface area (Å²) in [4.78, 5) is 31.7. The van der Waals surface area contributed by atoms with Crippen LogP contribution < -0.4 is 5.32 Å². The molecule has 2 aromatic carbocycles. The number of aryl methyl sites for hydroxylation is 3. The Morgan fingerprint density at radius 3 is 2.55 bits per heavy atom. The maximum atomic E-state index is 12.9. The number of amidine groups is 1. The maximum absolute atomic E-state index is 12.9. The highest BCUT2D eigenvalue weighted by Crippen LogP contribution is 2.32. The normalized spacial score (nSPS) is 17.6. The molecule has 0 spiro atoms. The van der Waals surface area contributed by atoms with Crippen molar-refractivity contribution in [2.75, 3.05) is 11.9 Å². The van der Waals surface area contributed by atoms with E-state index >= 15 is 0 Å². The molecule has 5 nitrogen and oxygen atoms in total. The van der Waals surface area contributed by atoms with Gasteiger partial charge in [0.05, 0.1) is 5.69 Å². The first-order valence-corrected chi connectivity index (χ1v) is 10.4. The molecule has 0 aromatic heterocycles. The van der Waals surface area contributed by atoms with Crippen LogP contribution in [0.3, 0.4) is 0 Å². The highest BCUT2D eigenvalue weighted by atomic mass is 32.2. The number of anilines is 1. The SMILES string of the molecule is C=CCN1C(=O)C(CC(=O)Nc2cc(C)ccc2C)SC1=Nc1ccc(C)cc1. The molecule has 0 radical (unpaired) electrons. The third kappa shape index (κ3) is 5.15. The zero-order valence-electron chi connectivity index (χ0n) is 16.9. The van der Waals surface area contributed by atoms with E-state index in [2.05, 4.69) is 16.9 Å². The van der Waals surface area contributed by atoms with Gasteiger partial charge in [-0.3, -0.25) is 14.5 Å². The number of thioether (sulfide) groups is 1. The van der Waals surface area contributed by atoms with E-state index in [1.54, 1.807) is 11.0 Å². The molecule has 2 amide bonds. The van der Waals surface area contributed by atoms with Gasteiger partial charge in [0.2, 0.25) is 11.8 Å². The lowest BCUT2D eigenvalue weighted by molar-refractivity contribution is -0.127. The lowest BCUT2D eigenvalue weighted by Crippen LogP contribution is -2.33. The fraction of sp³-hybridized carbons (Fsp3) is 0.261. The highest BCUT2D eigenvalue weighted by Gasteiger charge is 2.38. The number of benzene rings is 2. The molecule has 1 aliphatic rings. The number of carbonyl (C=O) groups is 2. The number of hydrogen-bond acceptors (Lipinski definition) is 4. The van der Waals surface area contributed by atoms with Gasteiger partial charge in [-0.15, -0.1) is 6.58 Å². The molecule has 29 heavy (non-hydrogen) atoms. The van der Waals surface area contributed by atoms with Crippen molar-refractivity contribution in [3.05, 3.63) is 71.8 Å². The molecule has 1 saturated heterocycles. The third-order valence-corrected chi connectivity index (χ3v) is 5.80. The lowest BCUT2D eigenvalue weighted by atomic mass is 10.1. The molecule has 1 unspecified atom stereocenters.